The number of imide groups is 1. The second kappa shape index (κ2) is 4.20. The van der Waals surface area contributed by atoms with Crippen LogP contribution in [-0.2, 0) is 9.59 Å². The average Bonchev–Trinajstić information content (AvgIpc) is 3.01. The minimum absolute atomic E-state index is 0.171. The maximum atomic E-state index is 12.3. The van der Waals surface area contributed by atoms with Crippen LogP contribution in [0.25, 0.3) is 0 Å². The fourth-order valence-corrected chi connectivity index (χ4v) is 2.65. The number of rotatable bonds is 2. The van der Waals surface area contributed by atoms with Gasteiger partial charge in [-0.3, -0.25) is 14.5 Å². The summed E-state index contributed by atoms with van der Waals surface area (Å²) in [7, 11) is 0. The summed E-state index contributed by atoms with van der Waals surface area (Å²) >= 11 is 0. The molecule has 0 aromatic carbocycles. The highest BCUT2D eigenvalue weighted by Gasteiger charge is 2.44. The Kier molecular flexibility index (Phi) is 2.66. The summed E-state index contributed by atoms with van der Waals surface area (Å²) < 4.78 is 4.92. The van der Waals surface area contributed by atoms with Crippen LogP contribution in [0.1, 0.15) is 25.0 Å². The van der Waals surface area contributed by atoms with Crippen molar-refractivity contribution in [1.82, 2.24) is 10.1 Å². The number of nitrogens with zero attached hydrogens (tertiary/aromatic N) is 3. The lowest BCUT2D eigenvalue weighted by molar-refractivity contribution is -0.122. The lowest BCUT2D eigenvalue weighted by Crippen LogP contribution is -2.40. The summed E-state index contributed by atoms with van der Waals surface area (Å²) in [6.07, 6.45) is 2.45. The topological polar surface area (TPSA) is 66.7 Å². The molecule has 0 radical (unpaired) electrons. The lowest BCUT2D eigenvalue weighted by Gasteiger charge is -2.20. The normalized spacial score (nSPS) is 25.4. The van der Waals surface area contributed by atoms with Gasteiger partial charge in [0, 0.05) is 6.07 Å². The van der Waals surface area contributed by atoms with Crippen LogP contribution in [0.3, 0.4) is 0 Å². The van der Waals surface area contributed by atoms with Gasteiger partial charge in [-0.15, -0.1) is 0 Å². The van der Waals surface area contributed by atoms with Gasteiger partial charge in [0.2, 0.25) is 5.91 Å². The Morgan fingerprint density at radius 2 is 2.06 bits per heavy atom. The summed E-state index contributed by atoms with van der Waals surface area (Å²) in [5.41, 5.74) is 0. The molecule has 0 aliphatic carbocycles. The van der Waals surface area contributed by atoms with E-state index in [1.165, 1.54) is 0 Å². The lowest BCUT2D eigenvalue weighted by atomic mass is 10.2. The van der Waals surface area contributed by atoms with Gasteiger partial charge in [0.25, 0.3) is 5.91 Å². The Labute approximate surface area is 105 Å². The Morgan fingerprint density at radius 3 is 2.67 bits per heavy atom. The van der Waals surface area contributed by atoms with E-state index >= 15 is 0 Å². The van der Waals surface area contributed by atoms with E-state index in [9.17, 15) is 9.59 Å². The number of aromatic nitrogens is 1. The number of carbonyl (C=O) groups excluding carboxylic acids is 2. The highest BCUT2D eigenvalue weighted by atomic mass is 16.5. The first-order valence-corrected chi connectivity index (χ1v) is 6.21. The number of hydrogen-bond acceptors (Lipinski definition) is 5. The fraction of sp³-hybridized carbons (Fsp3) is 0.583. The first-order valence-electron chi connectivity index (χ1n) is 6.21. The molecule has 3 heterocycles. The van der Waals surface area contributed by atoms with Gasteiger partial charge < -0.3 is 4.52 Å². The van der Waals surface area contributed by atoms with Crippen LogP contribution < -0.4 is 4.90 Å². The maximum absolute atomic E-state index is 12.3. The Balaban J connectivity index is 1.84. The summed E-state index contributed by atoms with van der Waals surface area (Å²) in [6.45, 7) is 3.53. The third-order valence-electron chi connectivity index (χ3n) is 3.55. The molecule has 2 fully saturated rings. The summed E-state index contributed by atoms with van der Waals surface area (Å²) in [4.78, 5) is 27.5. The van der Waals surface area contributed by atoms with E-state index in [1.54, 1.807) is 13.0 Å². The van der Waals surface area contributed by atoms with Gasteiger partial charge >= 0.3 is 0 Å². The van der Waals surface area contributed by atoms with Gasteiger partial charge in [-0.2, -0.15) is 0 Å². The van der Waals surface area contributed by atoms with Gasteiger partial charge in [-0.05, 0) is 32.9 Å². The standard InChI is InChI=1S/C12H15N3O3/c1-8-6-10(13-18-8)15-11(16)7-9(12(15)17)14-4-2-3-5-14/h6,9H,2-5,7H2,1H3. The van der Waals surface area contributed by atoms with Crippen molar-refractivity contribution in [3.8, 4) is 0 Å². The molecule has 2 amide bonds. The Bertz CT molecular complexity index is 491. The second-order valence-electron chi connectivity index (χ2n) is 4.83. The van der Waals surface area contributed by atoms with Crippen LogP contribution >= 0.6 is 0 Å². The molecule has 1 aromatic rings. The van der Waals surface area contributed by atoms with Gasteiger partial charge in [0.1, 0.15) is 5.76 Å². The van der Waals surface area contributed by atoms with Crippen molar-refractivity contribution < 1.29 is 14.1 Å². The molecule has 2 aliphatic heterocycles. The number of carbonyl (C=O) groups is 2. The second-order valence-corrected chi connectivity index (χ2v) is 4.83. The molecule has 1 atom stereocenters. The SMILES string of the molecule is Cc1cc(N2C(=O)CC(N3CCCC3)C2=O)no1. The quantitative estimate of drug-likeness (QED) is 0.722. The molecule has 6 nitrogen and oxygen atoms in total. The van der Waals surface area contributed by atoms with Crippen molar-refractivity contribution in [3.63, 3.8) is 0 Å². The predicted octanol–water partition coefficient (Wildman–Crippen LogP) is 0.711. The molecule has 96 valence electrons. The highest BCUT2D eigenvalue weighted by Crippen LogP contribution is 2.27. The van der Waals surface area contributed by atoms with Crippen LogP contribution in [0.5, 0.6) is 0 Å². The zero-order valence-electron chi connectivity index (χ0n) is 10.3. The van der Waals surface area contributed by atoms with E-state index in [1.807, 2.05) is 0 Å². The summed E-state index contributed by atoms with van der Waals surface area (Å²) in [5, 5.41) is 3.75. The number of anilines is 1. The van der Waals surface area contributed by atoms with E-state index in [0.717, 1.165) is 30.8 Å². The molecule has 2 aliphatic rings. The van der Waals surface area contributed by atoms with Gasteiger partial charge in [-0.25, -0.2) is 4.90 Å². The van der Waals surface area contributed by atoms with Gasteiger partial charge in [0.05, 0.1) is 12.5 Å². The zero-order valence-corrected chi connectivity index (χ0v) is 10.3. The molecule has 0 N–H and O–H groups in total. The molecule has 18 heavy (non-hydrogen) atoms. The Hall–Kier alpha value is -1.69. The van der Waals surface area contributed by atoms with Crippen molar-refractivity contribution in [3.05, 3.63) is 11.8 Å². The molecular formula is C12H15N3O3. The third kappa shape index (κ3) is 1.73. The van der Waals surface area contributed by atoms with Crippen LogP contribution in [0.4, 0.5) is 5.82 Å². The van der Waals surface area contributed by atoms with E-state index in [0.29, 0.717) is 11.6 Å². The molecule has 0 spiro atoms. The molecule has 1 aromatic heterocycles. The molecule has 6 heteroatoms. The fourth-order valence-electron chi connectivity index (χ4n) is 2.65. The maximum Gasteiger partial charge on any atom is 0.252 e. The van der Waals surface area contributed by atoms with Crippen molar-refractivity contribution in [2.45, 2.75) is 32.2 Å². The summed E-state index contributed by atoms with van der Waals surface area (Å²) in [6, 6.07) is 1.30. The van der Waals surface area contributed by atoms with Gasteiger partial charge in [-0.1, -0.05) is 5.16 Å². The van der Waals surface area contributed by atoms with E-state index in [2.05, 4.69) is 10.1 Å². The van der Waals surface area contributed by atoms with E-state index in [-0.39, 0.29) is 24.3 Å². The monoisotopic (exact) mass is 249 g/mol. The smallest absolute Gasteiger partial charge is 0.252 e. The van der Waals surface area contributed by atoms with E-state index in [4.69, 9.17) is 4.52 Å². The number of likely N-dealkylation sites (tertiary alicyclic amines) is 1. The predicted molar refractivity (Wildman–Crippen MR) is 62.9 cm³/mol. The first-order chi connectivity index (χ1) is 8.66. The molecule has 1 unspecified atom stereocenters. The highest BCUT2D eigenvalue weighted by molar-refractivity contribution is 6.21. The van der Waals surface area contributed by atoms with Crippen molar-refractivity contribution in [2.75, 3.05) is 18.0 Å². The number of amides is 2. The van der Waals surface area contributed by atoms with Gasteiger partial charge in [0.15, 0.2) is 5.82 Å². The van der Waals surface area contributed by atoms with Crippen molar-refractivity contribution in [2.24, 2.45) is 0 Å². The van der Waals surface area contributed by atoms with Crippen LogP contribution in [-0.4, -0.2) is 41.0 Å². The largest absolute Gasteiger partial charge is 0.360 e. The van der Waals surface area contributed by atoms with Crippen LogP contribution in [0.2, 0.25) is 0 Å². The molecule has 0 bridgehead atoms. The van der Waals surface area contributed by atoms with Crippen LogP contribution in [0, 0.1) is 6.92 Å². The molecule has 2 saturated heterocycles. The summed E-state index contributed by atoms with van der Waals surface area (Å²) in [5.74, 6) is 0.541. The van der Waals surface area contributed by atoms with Crippen LogP contribution in [0.15, 0.2) is 10.6 Å². The van der Waals surface area contributed by atoms with Crippen molar-refractivity contribution in [1.29, 1.82) is 0 Å². The van der Waals surface area contributed by atoms with E-state index < -0.39 is 0 Å². The number of aryl methyl sites for hydroxylation is 1. The first kappa shape index (κ1) is 11.4. The minimum Gasteiger partial charge on any atom is -0.360 e. The molecule has 3 rings (SSSR count). The third-order valence-corrected chi connectivity index (χ3v) is 3.55. The molecule has 0 saturated carbocycles. The minimum atomic E-state index is -0.308. The Morgan fingerprint density at radius 1 is 1.33 bits per heavy atom. The van der Waals surface area contributed by atoms with Crippen molar-refractivity contribution >= 4 is 17.6 Å². The molecular weight excluding hydrogens is 234 g/mol. The average molecular weight is 249 g/mol. The zero-order chi connectivity index (χ0) is 12.7. The number of hydrogen-bond donors (Lipinski definition) is 0.